The van der Waals surface area contributed by atoms with Gasteiger partial charge in [0.1, 0.15) is 5.75 Å². The number of hydrogen-bond donors (Lipinski definition) is 2. The molecular formula is C25H31N3O2. The van der Waals surface area contributed by atoms with Crippen LogP contribution in [0, 0.1) is 5.92 Å². The summed E-state index contributed by atoms with van der Waals surface area (Å²) >= 11 is 0. The predicted molar refractivity (Wildman–Crippen MR) is 118 cm³/mol. The number of phenolic OH excluding ortho intramolecular Hbond substituents is 1. The fraction of sp³-hybridized carbons (Fsp3) is 0.480. The number of phenols is 1. The molecule has 2 N–H and O–H groups in total. The maximum atomic E-state index is 13.1. The first kappa shape index (κ1) is 19.4. The number of piperidine rings is 2. The van der Waals surface area contributed by atoms with Gasteiger partial charge < -0.3 is 15.3 Å². The molecule has 2 aromatic carbocycles. The molecule has 3 aliphatic rings. The molecule has 0 bridgehead atoms. The van der Waals surface area contributed by atoms with Gasteiger partial charge in [-0.2, -0.15) is 0 Å². The van der Waals surface area contributed by atoms with E-state index >= 15 is 0 Å². The number of nitrogens with one attached hydrogen (secondary N) is 1. The lowest BCUT2D eigenvalue weighted by molar-refractivity contribution is 0.00576. The Kier molecular flexibility index (Phi) is 5.38. The number of urea groups is 1. The van der Waals surface area contributed by atoms with Gasteiger partial charge in [0.2, 0.25) is 0 Å². The summed E-state index contributed by atoms with van der Waals surface area (Å²) in [6, 6.07) is 16.9. The van der Waals surface area contributed by atoms with Gasteiger partial charge in [-0.1, -0.05) is 36.4 Å². The Morgan fingerprint density at radius 2 is 2.00 bits per heavy atom. The van der Waals surface area contributed by atoms with Crippen LogP contribution in [0.2, 0.25) is 0 Å². The van der Waals surface area contributed by atoms with E-state index in [1.807, 2.05) is 30.3 Å². The lowest BCUT2D eigenvalue weighted by Crippen LogP contribution is -2.59. The number of fused-ring (bicyclic) bond motifs is 4. The van der Waals surface area contributed by atoms with Crippen LogP contribution in [0.3, 0.4) is 0 Å². The van der Waals surface area contributed by atoms with Gasteiger partial charge in [0.15, 0.2) is 0 Å². The van der Waals surface area contributed by atoms with Crippen molar-refractivity contribution < 1.29 is 9.90 Å². The van der Waals surface area contributed by atoms with E-state index < -0.39 is 0 Å². The third-order valence-corrected chi connectivity index (χ3v) is 7.24. The molecule has 158 valence electrons. The Balaban J connectivity index is 1.27. The molecule has 5 rings (SSSR count). The Morgan fingerprint density at radius 3 is 2.87 bits per heavy atom. The molecule has 2 aromatic rings. The molecule has 0 radical (unpaired) electrons. The van der Waals surface area contributed by atoms with Crippen LogP contribution in [0.4, 0.5) is 4.79 Å². The Labute approximate surface area is 178 Å². The first-order valence-corrected chi connectivity index (χ1v) is 11.3. The van der Waals surface area contributed by atoms with Crippen molar-refractivity contribution in [1.82, 2.24) is 15.1 Å². The third kappa shape index (κ3) is 3.79. The SMILES string of the molecule is O=C(NCCc1ccccc1)N1CCC[C@@H]2CN3CCc4cc(O)ccc4[C@H]3C[C@@H]21. The highest BCUT2D eigenvalue weighted by atomic mass is 16.3. The van der Waals surface area contributed by atoms with E-state index in [-0.39, 0.29) is 6.03 Å². The Hall–Kier alpha value is -2.53. The molecule has 0 aliphatic carbocycles. The number of aromatic hydroxyl groups is 1. The van der Waals surface area contributed by atoms with E-state index in [2.05, 4.69) is 33.3 Å². The summed E-state index contributed by atoms with van der Waals surface area (Å²) in [5.41, 5.74) is 3.86. The van der Waals surface area contributed by atoms with Crippen LogP contribution in [-0.4, -0.2) is 53.2 Å². The number of rotatable bonds is 3. The number of carbonyl (C=O) groups excluding carboxylic acids is 1. The van der Waals surface area contributed by atoms with Crippen molar-refractivity contribution in [1.29, 1.82) is 0 Å². The number of amides is 2. The molecule has 3 atom stereocenters. The molecule has 30 heavy (non-hydrogen) atoms. The largest absolute Gasteiger partial charge is 0.508 e. The zero-order chi connectivity index (χ0) is 20.5. The molecule has 2 saturated heterocycles. The molecule has 5 nitrogen and oxygen atoms in total. The smallest absolute Gasteiger partial charge is 0.317 e. The van der Waals surface area contributed by atoms with Crippen molar-refractivity contribution in [3.63, 3.8) is 0 Å². The molecule has 2 amide bonds. The molecule has 5 heteroatoms. The van der Waals surface area contributed by atoms with E-state index in [4.69, 9.17) is 0 Å². The van der Waals surface area contributed by atoms with Crippen molar-refractivity contribution in [3.05, 3.63) is 65.2 Å². The van der Waals surface area contributed by atoms with E-state index in [1.54, 1.807) is 0 Å². The Bertz CT molecular complexity index is 901. The molecule has 3 aliphatic heterocycles. The average Bonchev–Trinajstić information content (AvgIpc) is 2.77. The summed E-state index contributed by atoms with van der Waals surface area (Å²) in [6.45, 7) is 3.65. The molecule has 0 saturated carbocycles. The molecule has 0 aromatic heterocycles. The molecule has 0 spiro atoms. The number of carbonyl (C=O) groups is 1. The minimum atomic E-state index is 0.0934. The second-order valence-electron chi connectivity index (χ2n) is 9.01. The summed E-state index contributed by atoms with van der Waals surface area (Å²) in [4.78, 5) is 17.8. The number of likely N-dealkylation sites (tertiary alicyclic amines) is 1. The zero-order valence-corrected chi connectivity index (χ0v) is 17.5. The highest BCUT2D eigenvalue weighted by Crippen LogP contribution is 2.43. The summed E-state index contributed by atoms with van der Waals surface area (Å²) < 4.78 is 0. The molecular weight excluding hydrogens is 374 g/mol. The first-order chi connectivity index (χ1) is 14.7. The van der Waals surface area contributed by atoms with Crippen LogP contribution >= 0.6 is 0 Å². The summed E-state index contributed by atoms with van der Waals surface area (Å²) in [5, 5.41) is 13.0. The van der Waals surface area contributed by atoms with Crippen LogP contribution in [0.5, 0.6) is 5.75 Å². The monoisotopic (exact) mass is 405 g/mol. The fourth-order valence-electron chi connectivity index (χ4n) is 5.76. The minimum Gasteiger partial charge on any atom is -0.508 e. The van der Waals surface area contributed by atoms with Crippen molar-refractivity contribution in [3.8, 4) is 5.75 Å². The molecule has 3 heterocycles. The maximum absolute atomic E-state index is 13.1. The van der Waals surface area contributed by atoms with Gasteiger partial charge in [0.05, 0.1) is 0 Å². The van der Waals surface area contributed by atoms with Crippen LogP contribution in [0.25, 0.3) is 0 Å². The summed E-state index contributed by atoms with van der Waals surface area (Å²) in [7, 11) is 0. The quantitative estimate of drug-likeness (QED) is 0.818. The first-order valence-electron chi connectivity index (χ1n) is 11.3. The van der Waals surface area contributed by atoms with Gasteiger partial charge >= 0.3 is 6.03 Å². The van der Waals surface area contributed by atoms with Crippen LogP contribution in [0.1, 0.15) is 42.0 Å². The minimum absolute atomic E-state index is 0.0934. The lowest BCUT2D eigenvalue weighted by Gasteiger charge is -2.52. The van der Waals surface area contributed by atoms with E-state index in [0.29, 0.717) is 30.3 Å². The van der Waals surface area contributed by atoms with Crippen molar-refractivity contribution in [2.24, 2.45) is 5.92 Å². The van der Waals surface area contributed by atoms with Gasteiger partial charge in [-0.3, -0.25) is 4.90 Å². The van der Waals surface area contributed by atoms with Crippen molar-refractivity contribution in [2.45, 2.75) is 44.2 Å². The number of benzene rings is 2. The average molecular weight is 406 g/mol. The second-order valence-corrected chi connectivity index (χ2v) is 9.01. The summed E-state index contributed by atoms with van der Waals surface area (Å²) in [5.74, 6) is 0.918. The zero-order valence-electron chi connectivity index (χ0n) is 17.5. The van der Waals surface area contributed by atoms with Gasteiger partial charge in [-0.05, 0) is 66.8 Å². The predicted octanol–water partition coefficient (Wildman–Crippen LogP) is 3.73. The normalized spacial score (nSPS) is 25.7. The maximum Gasteiger partial charge on any atom is 0.317 e. The molecule has 0 unspecified atom stereocenters. The van der Waals surface area contributed by atoms with E-state index in [0.717, 1.165) is 45.3 Å². The van der Waals surface area contributed by atoms with E-state index in [1.165, 1.54) is 23.1 Å². The highest BCUT2D eigenvalue weighted by Gasteiger charge is 2.43. The van der Waals surface area contributed by atoms with Crippen molar-refractivity contribution in [2.75, 3.05) is 26.2 Å². The van der Waals surface area contributed by atoms with Gasteiger partial charge in [-0.15, -0.1) is 0 Å². The highest BCUT2D eigenvalue weighted by molar-refractivity contribution is 5.74. The van der Waals surface area contributed by atoms with Gasteiger partial charge in [0.25, 0.3) is 0 Å². The number of hydrogen-bond acceptors (Lipinski definition) is 3. The van der Waals surface area contributed by atoms with Gasteiger partial charge in [0, 0.05) is 38.3 Å². The lowest BCUT2D eigenvalue weighted by atomic mass is 9.76. The topological polar surface area (TPSA) is 55.8 Å². The summed E-state index contributed by atoms with van der Waals surface area (Å²) in [6.07, 6.45) is 5.16. The van der Waals surface area contributed by atoms with E-state index in [9.17, 15) is 9.90 Å². The Morgan fingerprint density at radius 1 is 1.13 bits per heavy atom. The molecule has 2 fully saturated rings. The van der Waals surface area contributed by atoms with Gasteiger partial charge in [-0.25, -0.2) is 4.79 Å². The second kappa shape index (κ2) is 8.31. The standard InChI is InChI=1S/C25H31N3O2/c29-21-8-9-22-19(15-21)11-14-27-17-20-7-4-13-28(23(20)16-24(22)27)25(30)26-12-10-18-5-2-1-3-6-18/h1-3,5-6,8-9,15,20,23-24,29H,4,7,10-14,16-17H2,(H,26,30)/t20-,23+,24-/m1/s1. The fourth-order valence-corrected chi connectivity index (χ4v) is 5.76. The number of nitrogens with zero attached hydrogens (tertiary/aromatic N) is 2. The van der Waals surface area contributed by atoms with Crippen LogP contribution in [-0.2, 0) is 12.8 Å². The van der Waals surface area contributed by atoms with Crippen molar-refractivity contribution >= 4 is 6.03 Å². The van der Waals surface area contributed by atoms with Crippen LogP contribution < -0.4 is 5.32 Å². The van der Waals surface area contributed by atoms with Crippen LogP contribution in [0.15, 0.2) is 48.5 Å². The third-order valence-electron chi connectivity index (χ3n) is 7.24.